The number of anilines is 1. The zero-order chi connectivity index (χ0) is 21.8. The number of nitrogens with zero attached hydrogens (tertiary/aromatic N) is 5. The zero-order valence-corrected chi connectivity index (χ0v) is 15.1. The molecule has 3 heterocycles. The van der Waals surface area contributed by atoms with Gasteiger partial charge in [-0.25, -0.2) is 9.78 Å². The van der Waals surface area contributed by atoms with Crippen LogP contribution in [0.2, 0.25) is 0 Å². The molecular weight excluding hydrogens is 393 g/mol. The molecule has 152 valence electrons. The van der Waals surface area contributed by atoms with E-state index in [1.54, 1.807) is 19.2 Å². The molecule has 2 aromatic heterocycles. The minimum absolute atomic E-state index is 0.0829. The van der Waals surface area contributed by atoms with Gasteiger partial charge in [0.15, 0.2) is 0 Å². The van der Waals surface area contributed by atoms with Crippen molar-refractivity contribution < 1.29 is 23.1 Å². The molecule has 0 saturated carbocycles. The predicted molar refractivity (Wildman–Crippen MR) is 95.2 cm³/mol. The minimum Gasteiger partial charge on any atom is -0.475 e. The molecule has 0 bridgehead atoms. The van der Waals surface area contributed by atoms with E-state index < -0.39 is 12.1 Å². The SMILES string of the molecule is Cn1c(=O)c(C#N)c(N2CCNCC2)c2nc(C#N)ccc21.O=C(O)C(F)(F)F. The van der Waals surface area contributed by atoms with Gasteiger partial charge >= 0.3 is 12.1 Å². The minimum atomic E-state index is -5.08. The molecule has 3 rings (SSSR count). The van der Waals surface area contributed by atoms with E-state index in [0.29, 0.717) is 29.8 Å². The molecule has 0 atom stereocenters. The number of hydrogen-bond donors (Lipinski definition) is 2. The maximum absolute atomic E-state index is 12.4. The largest absolute Gasteiger partial charge is 0.490 e. The molecule has 0 unspecified atom stereocenters. The highest BCUT2D eigenvalue weighted by Crippen LogP contribution is 2.27. The summed E-state index contributed by atoms with van der Waals surface area (Å²) in [5.41, 5.74) is 1.70. The zero-order valence-electron chi connectivity index (χ0n) is 15.1. The number of halogens is 3. The summed E-state index contributed by atoms with van der Waals surface area (Å²) < 4.78 is 33.1. The predicted octanol–water partition coefficient (Wildman–Crippen LogP) is 0.720. The Labute approximate surface area is 162 Å². The number of pyridine rings is 2. The van der Waals surface area contributed by atoms with Crippen LogP contribution >= 0.6 is 0 Å². The fourth-order valence-corrected chi connectivity index (χ4v) is 2.75. The standard InChI is InChI=1S/C15H14N6O.C2HF3O2/c1-20-12-3-2-10(8-16)19-13(12)14(11(9-17)15(20)22)21-6-4-18-5-7-21;3-2(4,5)1(6)7/h2-3,18H,4-7H2,1H3;(H,6,7). The first-order chi connectivity index (χ1) is 13.6. The van der Waals surface area contributed by atoms with Gasteiger partial charge in [-0.1, -0.05) is 0 Å². The summed E-state index contributed by atoms with van der Waals surface area (Å²) in [4.78, 5) is 27.7. The monoisotopic (exact) mass is 408 g/mol. The highest BCUT2D eigenvalue weighted by atomic mass is 19.4. The van der Waals surface area contributed by atoms with Crippen LogP contribution in [0.15, 0.2) is 16.9 Å². The number of carboxylic acid groups (broad SMARTS) is 1. The number of carboxylic acids is 1. The fourth-order valence-electron chi connectivity index (χ4n) is 2.75. The molecule has 12 heteroatoms. The molecule has 0 spiro atoms. The number of carbonyl (C=O) groups is 1. The quantitative estimate of drug-likeness (QED) is 0.705. The van der Waals surface area contributed by atoms with Crippen LogP contribution in [-0.2, 0) is 11.8 Å². The second-order valence-corrected chi connectivity index (χ2v) is 5.92. The van der Waals surface area contributed by atoms with Crippen LogP contribution in [-0.4, -0.2) is 53.0 Å². The van der Waals surface area contributed by atoms with Crippen molar-refractivity contribution in [1.82, 2.24) is 14.9 Å². The third kappa shape index (κ3) is 4.62. The van der Waals surface area contributed by atoms with Crippen molar-refractivity contribution in [2.75, 3.05) is 31.1 Å². The average Bonchev–Trinajstić information content (AvgIpc) is 2.70. The van der Waals surface area contributed by atoms with Gasteiger partial charge in [-0.2, -0.15) is 23.7 Å². The van der Waals surface area contributed by atoms with Crippen LogP contribution in [0.1, 0.15) is 11.3 Å². The van der Waals surface area contributed by atoms with E-state index in [4.69, 9.17) is 15.2 Å². The van der Waals surface area contributed by atoms with Crippen LogP contribution < -0.4 is 15.8 Å². The van der Waals surface area contributed by atoms with Crippen molar-refractivity contribution in [2.24, 2.45) is 7.05 Å². The van der Waals surface area contributed by atoms with Crippen LogP contribution in [0, 0.1) is 22.7 Å². The number of fused-ring (bicyclic) bond motifs is 1. The lowest BCUT2D eigenvalue weighted by Gasteiger charge is -2.30. The van der Waals surface area contributed by atoms with Gasteiger partial charge in [-0.05, 0) is 12.1 Å². The van der Waals surface area contributed by atoms with Crippen LogP contribution in [0.25, 0.3) is 11.0 Å². The van der Waals surface area contributed by atoms with Crippen molar-refractivity contribution in [2.45, 2.75) is 6.18 Å². The lowest BCUT2D eigenvalue weighted by atomic mass is 10.1. The summed E-state index contributed by atoms with van der Waals surface area (Å²) in [7, 11) is 1.61. The number of piperazine rings is 1. The van der Waals surface area contributed by atoms with Crippen molar-refractivity contribution in [3.8, 4) is 12.1 Å². The smallest absolute Gasteiger partial charge is 0.475 e. The Hall–Kier alpha value is -3.64. The topological polar surface area (TPSA) is 135 Å². The summed E-state index contributed by atoms with van der Waals surface area (Å²) >= 11 is 0. The molecule has 29 heavy (non-hydrogen) atoms. The van der Waals surface area contributed by atoms with Crippen molar-refractivity contribution in [3.63, 3.8) is 0 Å². The molecule has 0 aromatic carbocycles. The molecule has 0 radical (unpaired) electrons. The first-order valence-corrected chi connectivity index (χ1v) is 8.21. The molecule has 9 nitrogen and oxygen atoms in total. The van der Waals surface area contributed by atoms with Gasteiger partial charge in [-0.3, -0.25) is 4.79 Å². The molecule has 2 N–H and O–H groups in total. The number of nitriles is 2. The van der Waals surface area contributed by atoms with E-state index in [-0.39, 0.29) is 16.8 Å². The summed E-state index contributed by atoms with van der Waals surface area (Å²) in [6, 6.07) is 7.30. The molecule has 1 fully saturated rings. The number of rotatable bonds is 1. The van der Waals surface area contributed by atoms with Gasteiger partial charge < -0.3 is 19.9 Å². The van der Waals surface area contributed by atoms with Crippen LogP contribution in [0.3, 0.4) is 0 Å². The van der Waals surface area contributed by atoms with Gasteiger partial charge in [0, 0.05) is 33.2 Å². The normalized spacial score (nSPS) is 13.8. The van der Waals surface area contributed by atoms with Gasteiger partial charge in [0.2, 0.25) is 0 Å². The van der Waals surface area contributed by atoms with E-state index in [2.05, 4.69) is 10.3 Å². The molecule has 0 aliphatic carbocycles. The summed E-state index contributed by atoms with van der Waals surface area (Å²) in [5, 5.41) is 28.9. The molecule has 1 saturated heterocycles. The Morgan fingerprint density at radius 3 is 2.31 bits per heavy atom. The maximum atomic E-state index is 12.4. The van der Waals surface area contributed by atoms with E-state index in [9.17, 15) is 23.2 Å². The van der Waals surface area contributed by atoms with Gasteiger partial charge in [0.25, 0.3) is 5.56 Å². The lowest BCUT2D eigenvalue weighted by molar-refractivity contribution is -0.192. The first kappa shape index (κ1) is 21.7. The van der Waals surface area contributed by atoms with E-state index in [1.807, 2.05) is 17.0 Å². The summed E-state index contributed by atoms with van der Waals surface area (Å²) in [5.74, 6) is -2.76. The summed E-state index contributed by atoms with van der Waals surface area (Å²) in [6.45, 7) is 2.93. The fraction of sp³-hybridized carbons (Fsp3) is 0.353. The Bertz CT molecular complexity index is 1080. The highest BCUT2D eigenvalue weighted by Gasteiger charge is 2.38. The average molecular weight is 408 g/mol. The number of alkyl halides is 3. The first-order valence-electron chi connectivity index (χ1n) is 8.21. The third-order valence-electron chi connectivity index (χ3n) is 4.12. The second-order valence-electron chi connectivity index (χ2n) is 5.92. The molecular formula is C17H15F3N6O3. The van der Waals surface area contributed by atoms with Gasteiger partial charge in [0.05, 0.1) is 11.2 Å². The van der Waals surface area contributed by atoms with Crippen LogP contribution in [0.4, 0.5) is 18.9 Å². The lowest BCUT2D eigenvalue weighted by Crippen LogP contribution is -2.44. The van der Waals surface area contributed by atoms with Crippen molar-refractivity contribution in [3.05, 3.63) is 33.7 Å². The van der Waals surface area contributed by atoms with Crippen molar-refractivity contribution >= 4 is 22.7 Å². The van der Waals surface area contributed by atoms with Gasteiger partial charge in [-0.15, -0.1) is 0 Å². The number of hydrogen-bond acceptors (Lipinski definition) is 7. The third-order valence-corrected chi connectivity index (χ3v) is 4.12. The Balaban J connectivity index is 0.000000370. The summed E-state index contributed by atoms with van der Waals surface area (Å²) in [6.07, 6.45) is -5.08. The Morgan fingerprint density at radius 2 is 1.83 bits per heavy atom. The van der Waals surface area contributed by atoms with Gasteiger partial charge in [0.1, 0.15) is 28.9 Å². The highest BCUT2D eigenvalue weighted by molar-refractivity contribution is 5.92. The number of nitrogens with one attached hydrogen (secondary N) is 1. The maximum Gasteiger partial charge on any atom is 0.490 e. The van der Waals surface area contributed by atoms with E-state index in [1.165, 1.54) is 4.57 Å². The second kappa shape index (κ2) is 8.58. The van der Waals surface area contributed by atoms with Crippen molar-refractivity contribution in [1.29, 1.82) is 10.5 Å². The van der Waals surface area contributed by atoms with Crippen LogP contribution in [0.5, 0.6) is 0 Å². The Kier molecular flexibility index (Phi) is 6.41. The molecule has 2 aromatic rings. The molecule has 1 aliphatic heterocycles. The Morgan fingerprint density at radius 1 is 1.24 bits per heavy atom. The molecule has 1 aliphatic rings. The van der Waals surface area contributed by atoms with E-state index >= 15 is 0 Å². The number of aromatic nitrogens is 2. The molecule has 0 amide bonds. The number of aryl methyl sites for hydroxylation is 1. The van der Waals surface area contributed by atoms with E-state index in [0.717, 1.165) is 13.1 Å². The number of aliphatic carboxylic acids is 1.